The number of piperidine rings is 1. The third-order valence-electron chi connectivity index (χ3n) is 5.55. The predicted molar refractivity (Wildman–Crippen MR) is 130 cm³/mol. The number of thiazole rings is 2. The number of alkyl halides is 6. The van der Waals surface area contributed by atoms with E-state index in [0.717, 1.165) is 22.3 Å². The van der Waals surface area contributed by atoms with E-state index in [-0.39, 0.29) is 33.8 Å². The molecule has 0 saturated carbocycles. The number of aryl methyl sites for hydroxylation is 1. The number of hydrogen-bond acceptors (Lipinski definition) is 6. The van der Waals surface area contributed by atoms with Crippen molar-refractivity contribution in [2.45, 2.75) is 44.6 Å². The van der Waals surface area contributed by atoms with Crippen molar-refractivity contribution >= 4 is 56.1 Å². The van der Waals surface area contributed by atoms with Crippen molar-refractivity contribution in [2.75, 3.05) is 13.1 Å². The first-order valence-corrected chi connectivity index (χ1v) is 13.5. The molecule has 1 saturated heterocycles. The van der Waals surface area contributed by atoms with E-state index in [1.807, 2.05) is 6.92 Å². The van der Waals surface area contributed by atoms with Crippen molar-refractivity contribution in [2.24, 2.45) is 0 Å². The summed E-state index contributed by atoms with van der Waals surface area (Å²) in [6, 6.07) is 1.64. The molecule has 199 valence electrons. The predicted octanol–water partition coefficient (Wildman–Crippen LogP) is 7.66. The zero-order valence-electron chi connectivity index (χ0n) is 18.8. The summed E-state index contributed by atoms with van der Waals surface area (Å²) < 4.78 is 81.9. The zero-order valence-corrected chi connectivity index (χ0v) is 22.7. The van der Waals surface area contributed by atoms with Crippen molar-refractivity contribution in [1.29, 1.82) is 0 Å². The highest BCUT2D eigenvalue weighted by molar-refractivity contribution is 9.10. The number of likely N-dealkylation sites (tertiary alicyclic amines) is 1. The molecule has 1 aromatic carbocycles. The fourth-order valence-corrected chi connectivity index (χ4v) is 6.69. The second kappa shape index (κ2) is 10.7. The van der Waals surface area contributed by atoms with Crippen LogP contribution in [0.25, 0.3) is 11.3 Å². The Morgan fingerprint density at radius 2 is 1.89 bits per heavy atom. The standard InChI is InChI=1S/C22H16BrClF6N3O2S2/c1-10-9-31-15(36-10)8-16(34)33-4-2-11(3-5-33)20-32-18(19(24)37-20)12-6-13(23)17(21(25,26)27)14(7-12)35-22(28,29)30/h6-7,11H,2-5,8H2,1H3. The van der Waals surface area contributed by atoms with E-state index < -0.39 is 28.3 Å². The summed E-state index contributed by atoms with van der Waals surface area (Å²) in [6.45, 7) is 2.80. The van der Waals surface area contributed by atoms with Gasteiger partial charge in [0.2, 0.25) is 5.91 Å². The molecule has 1 fully saturated rings. The highest BCUT2D eigenvalue weighted by Gasteiger charge is 2.41. The second-order valence-electron chi connectivity index (χ2n) is 8.16. The summed E-state index contributed by atoms with van der Waals surface area (Å²) >= 11 is 11.5. The Bertz CT molecular complexity index is 1300. The minimum Gasteiger partial charge on any atom is -0.405 e. The Balaban J connectivity index is 1.52. The molecule has 0 aliphatic carbocycles. The minimum absolute atomic E-state index is 0.0501. The number of aromatic nitrogens is 2. The molecule has 1 aliphatic heterocycles. The quantitative estimate of drug-likeness (QED) is 0.267. The van der Waals surface area contributed by atoms with Gasteiger partial charge in [0.1, 0.15) is 32.5 Å². The van der Waals surface area contributed by atoms with E-state index in [0.29, 0.717) is 42.0 Å². The number of benzene rings is 1. The molecule has 3 aromatic rings. The topological polar surface area (TPSA) is 55.3 Å². The SMILES string of the molecule is Cc1[c]nc(CC(=O)N2CCC(c3nc(-c4cc(Br)c(C(F)(F)F)c(OC(F)(F)F)c4)c(Cl)s3)CC2)s1. The van der Waals surface area contributed by atoms with Crippen molar-refractivity contribution in [3.63, 3.8) is 0 Å². The van der Waals surface area contributed by atoms with Crippen LogP contribution in [0.3, 0.4) is 0 Å². The van der Waals surface area contributed by atoms with E-state index in [1.165, 1.54) is 11.3 Å². The highest BCUT2D eigenvalue weighted by atomic mass is 79.9. The third kappa shape index (κ3) is 6.76. The van der Waals surface area contributed by atoms with Crippen LogP contribution in [0.5, 0.6) is 5.75 Å². The van der Waals surface area contributed by atoms with Crippen LogP contribution in [-0.4, -0.2) is 40.2 Å². The molecule has 0 unspecified atom stereocenters. The molecule has 0 spiro atoms. The van der Waals surface area contributed by atoms with Gasteiger partial charge in [0, 0.05) is 33.9 Å². The fourth-order valence-electron chi connectivity index (χ4n) is 3.92. The summed E-state index contributed by atoms with van der Waals surface area (Å²) in [4.78, 5) is 23.8. The lowest BCUT2D eigenvalue weighted by Crippen LogP contribution is -2.38. The molecule has 5 nitrogen and oxygen atoms in total. The number of amides is 1. The number of carbonyl (C=O) groups is 1. The Morgan fingerprint density at radius 3 is 2.46 bits per heavy atom. The summed E-state index contributed by atoms with van der Waals surface area (Å²) in [5.41, 5.74) is -1.60. The van der Waals surface area contributed by atoms with Gasteiger partial charge in [-0.2, -0.15) is 13.2 Å². The van der Waals surface area contributed by atoms with Crippen LogP contribution in [0.1, 0.15) is 39.2 Å². The summed E-state index contributed by atoms with van der Waals surface area (Å²) in [5.74, 6) is -1.53. The van der Waals surface area contributed by atoms with E-state index in [1.54, 1.807) is 4.90 Å². The lowest BCUT2D eigenvalue weighted by molar-refractivity contribution is -0.276. The monoisotopic (exact) mass is 646 g/mol. The van der Waals surface area contributed by atoms with Gasteiger partial charge in [-0.15, -0.1) is 35.8 Å². The Morgan fingerprint density at radius 1 is 1.22 bits per heavy atom. The van der Waals surface area contributed by atoms with Gasteiger partial charge in [-0.3, -0.25) is 4.79 Å². The van der Waals surface area contributed by atoms with E-state index in [4.69, 9.17) is 11.6 Å². The Kier molecular flexibility index (Phi) is 8.13. The molecule has 3 heterocycles. The molecule has 0 atom stereocenters. The van der Waals surface area contributed by atoms with Crippen molar-refractivity contribution in [3.05, 3.63) is 47.6 Å². The maximum atomic E-state index is 13.4. The third-order valence-corrected chi connectivity index (χ3v) is 8.46. The molecule has 37 heavy (non-hydrogen) atoms. The first-order chi connectivity index (χ1) is 17.2. The molecular formula is C22H16BrClF6N3O2S2. The van der Waals surface area contributed by atoms with Crippen molar-refractivity contribution < 1.29 is 35.9 Å². The van der Waals surface area contributed by atoms with Crippen LogP contribution in [0, 0.1) is 13.1 Å². The van der Waals surface area contributed by atoms with Crippen molar-refractivity contribution in [1.82, 2.24) is 14.9 Å². The Hall–Kier alpha value is -1.90. The largest absolute Gasteiger partial charge is 0.573 e. The molecule has 2 aromatic heterocycles. The summed E-state index contributed by atoms with van der Waals surface area (Å²) in [6.07, 6.45) is -6.27. The number of halogens is 8. The van der Waals surface area contributed by atoms with Gasteiger partial charge in [0.05, 0.1) is 11.4 Å². The van der Waals surface area contributed by atoms with Gasteiger partial charge in [-0.1, -0.05) is 27.5 Å². The van der Waals surface area contributed by atoms with Crippen LogP contribution in [0.15, 0.2) is 16.6 Å². The molecule has 1 aliphatic rings. The normalized spacial score (nSPS) is 15.3. The van der Waals surface area contributed by atoms with Crippen LogP contribution < -0.4 is 4.74 Å². The lowest BCUT2D eigenvalue weighted by Gasteiger charge is -2.31. The van der Waals surface area contributed by atoms with Crippen LogP contribution in [0.2, 0.25) is 4.34 Å². The number of hydrogen-bond donors (Lipinski definition) is 0. The van der Waals surface area contributed by atoms with E-state index >= 15 is 0 Å². The molecular weight excluding hydrogens is 632 g/mol. The number of carbonyl (C=O) groups excluding carboxylic acids is 1. The zero-order chi connectivity index (χ0) is 27.1. The van der Waals surface area contributed by atoms with Gasteiger partial charge < -0.3 is 9.64 Å². The smallest absolute Gasteiger partial charge is 0.405 e. The molecule has 4 rings (SSSR count). The van der Waals surface area contributed by atoms with Gasteiger partial charge in [0.25, 0.3) is 0 Å². The average molecular weight is 648 g/mol. The minimum atomic E-state index is -5.34. The van der Waals surface area contributed by atoms with E-state index in [9.17, 15) is 31.1 Å². The van der Waals surface area contributed by atoms with Crippen molar-refractivity contribution in [3.8, 4) is 17.0 Å². The molecule has 0 N–H and O–H groups in total. The fraction of sp³-hybridized carbons (Fsp3) is 0.409. The van der Waals surface area contributed by atoms with Gasteiger partial charge in [-0.25, -0.2) is 9.97 Å². The summed E-state index contributed by atoms with van der Waals surface area (Å²) in [7, 11) is 0. The Labute approximate surface area is 228 Å². The maximum absolute atomic E-state index is 13.4. The van der Waals surface area contributed by atoms with E-state index in [2.05, 4.69) is 36.8 Å². The molecule has 15 heteroatoms. The first kappa shape index (κ1) is 28.1. The maximum Gasteiger partial charge on any atom is 0.573 e. The van der Waals surface area contributed by atoms with Gasteiger partial charge in [0.15, 0.2) is 0 Å². The van der Waals surface area contributed by atoms with Crippen LogP contribution in [0.4, 0.5) is 26.3 Å². The van der Waals surface area contributed by atoms with Gasteiger partial charge in [-0.05, 0) is 31.9 Å². The molecule has 0 bridgehead atoms. The van der Waals surface area contributed by atoms with Crippen LogP contribution in [-0.2, 0) is 17.4 Å². The lowest BCUT2D eigenvalue weighted by atomic mass is 9.97. The summed E-state index contributed by atoms with van der Waals surface area (Å²) in [5, 5.41) is 1.28. The van der Waals surface area contributed by atoms with Gasteiger partial charge >= 0.3 is 12.5 Å². The molecule has 1 amide bonds. The van der Waals surface area contributed by atoms with Crippen LogP contribution >= 0.6 is 50.2 Å². The highest BCUT2D eigenvalue weighted by Crippen LogP contribution is 2.47. The second-order valence-corrected chi connectivity index (χ2v) is 11.9. The number of nitrogens with zero attached hydrogens (tertiary/aromatic N) is 3. The number of rotatable bonds is 5. The number of ether oxygens (including phenoxy) is 1. The first-order valence-electron chi connectivity index (χ1n) is 10.7. The average Bonchev–Trinajstić information content (AvgIpc) is 3.36. The molecule has 1 radical (unpaired) electrons.